The number of aromatic nitrogens is 3. The summed E-state index contributed by atoms with van der Waals surface area (Å²) in [4.78, 5) is 4.09. The molecule has 1 aliphatic carbocycles. The van der Waals surface area contributed by atoms with Gasteiger partial charge in [0.15, 0.2) is 0 Å². The molecule has 1 fully saturated rings. The molecule has 0 bridgehead atoms. The number of hydrogen-bond donors (Lipinski definition) is 1. The maximum atomic E-state index is 4.93. The molecule has 2 aromatic rings. The topological polar surface area (TPSA) is 42.7 Å². The fraction of sp³-hybridized carbons (Fsp3) is 0.500. The largest absolute Gasteiger partial charge is 0.369 e. The molecule has 1 aliphatic heterocycles. The molecule has 5 heteroatoms. The van der Waals surface area contributed by atoms with Crippen molar-refractivity contribution >= 4 is 21.7 Å². The fourth-order valence-corrected chi connectivity index (χ4v) is 4.38. The number of pyridine rings is 1. The van der Waals surface area contributed by atoms with Crippen LogP contribution in [0, 0.1) is 5.92 Å². The first-order valence-electron chi connectivity index (χ1n) is 7.77. The Morgan fingerprint density at radius 2 is 1.90 bits per heavy atom. The lowest BCUT2D eigenvalue weighted by atomic mass is 9.94. The molecule has 1 atom stereocenters. The molecule has 3 heterocycles. The van der Waals surface area contributed by atoms with Crippen molar-refractivity contribution in [2.45, 2.75) is 38.1 Å². The standard InChI is InChI=1S/C16H19BrN4/c17-14-15(12-5-8-18-9-6-12)20-21-13(7-10-19-16(14)21)11-3-1-2-4-11/h5-6,8-9,11,13,19H,1-4,7,10H2. The minimum atomic E-state index is 0.552. The molecule has 1 N–H and O–H groups in total. The lowest BCUT2D eigenvalue weighted by molar-refractivity contribution is 0.290. The molecular formula is C16H19BrN4. The monoisotopic (exact) mass is 346 g/mol. The summed E-state index contributed by atoms with van der Waals surface area (Å²) in [5.74, 6) is 1.94. The van der Waals surface area contributed by atoms with E-state index < -0.39 is 0 Å². The summed E-state index contributed by atoms with van der Waals surface area (Å²) >= 11 is 3.74. The fourth-order valence-electron chi connectivity index (χ4n) is 3.75. The normalized spacial score (nSPS) is 22.0. The smallest absolute Gasteiger partial charge is 0.139 e. The molecule has 4 rings (SSSR count). The molecule has 4 nitrogen and oxygen atoms in total. The quantitative estimate of drug-likeness (QED) is 0.883. The Balaban J connectivity index is 1.76. The van der Waals surface area contributed by atoms with Crippen LogP contribution in [-0.4, -0.2) is 21.3 Å². The van der Waals surface area contributed by atoms with Crippen molar-refractivity contribution in [1.29, 1.82) is 0 Å². The van der Waals surface area contributed by atoms with Gasteiger partial charge >= 0.3 is 0 Å². The molecule has 2 aliphatic rings. The van der Waals surface area contributed by atoms with E-state index in [1.165, 1.54) is 32.1 Å². The Morgan fingerprint density at radius 3 is 2.67 bits per heavy atom. The second kappa shape index (κ2) is 5.44. The molecule has 110 valence electrons. The van der Waals surface area contributed by atoms with E-state index in [9.17, 15) is 0 Å². The van der Waals surface area contributed by atoms with Crippen LogP contribution in [0.3, 0.4) is 0 Å². The number of anilines is 1. The van der Waals surface area contributed by atoms with Crippen LogP contribution in [0.2, 0.25) is 0 Å². The number of nitrogens with one attached hydrogen (secondary N) is 1. The maximum Gasteiger partial charge on any atom is 0.139 e. The van der Waals surface area contributed by atoms with E-state index in [2.05, 4.69) is 30.9 Å². The molecule has 0 spiro atoms. The highest BCUT2D eigenvalue weighted by molar-refractivity contribution is 9.10. The van der Waals surface area contributed by atoms with Crippen LogP contribution in [0.5, 0.6) is 0 Å². The van der Waals surface area contributed by atoms with Crippen LogP contribution < -0.4 is 5.32 Å². The first kappa shape index (κ1) is 13.3. The number of halogens is 1. The van der Waals surface area contributed by atoms with Crippen molar-refractivity contribution in [3.05, 3.63) is 29.0 Å². The van der Waals surface area contributed by atoms with Gasteiger partial charge in [-0.05, 0) is 53.2 Å². The summed E-state index contributed by atoms with van der Waals surface area (Å²) in [6, 6.07) is 4.59. The SMILES string of the molecule is Brc1c(-c2ccncc2)nn2c1NCCC2C1CCCC1. The number of nitrogens with zero attached hydrogens (tertiary/aromatic N) is 3. The molecule has 2 aromatic heterocycles. The van der Waals surface area contributed by atoms with Gasteiger partial charge < -0.3 is 5.32 Å². The second-order valence-corrected chi connectivity index (χ2v) is 6.81. The van der Waals surface area contributed by atoms with E-state index in [4.69, 9.17) is 5.10 Å². The average molecular weight is 347 g/mol. The predicted octanol–water partition coefficient (Wildman–Crippen LogP) is 4.25. The number of rotatable bonds is 2. The van der Waals surface area contributed by atoms with Crippen LogP contribution in [0.25, 0.3) is 11.3 Å². The molecule has 0 aromatic carbocycles. The molecule has 0 amide bonds. The van der Waals surface area contributed by atoms with E-state index in [1.54, 1.807) is 0 Å². The first-order chi connectivity index (χ1) is 10.3. The molecule has 0 saturated heterocycles. The van der Waals surface area contributed by atoms with Gasteiger partial charge in [-0.25, -0.2) is 4.68 Å². The summed E-state index contributed by atoms with van der Waals surface area (Å²) in [5, 5.41) is 8.44. The first-order valence-corrected chi connectivity index (χ1v) is 8.56. The summed E-state index contributed by atoms with van der Waals surface area (Å²) in [7, 11) is 0. The maximum absolute atomic E-state index is 4.93. The van der Waals surface area contributed by atoms with Crippen LogP contribution in [-0.2, 0) is 0 Å². The summed E-state index contributed by atoms with van der Waals surface area (Å²) in [6.07, 6.45) is 10.3. The molecule has 1 unspecified atom stereocenters. The van der Waals surface area contributed by atoms with Gasteiger partial charge in [0.05, 0.1) is 10.5 Å². The molecule has 1 saturated carbocycles. The van der Waals surface area contributed by atoms with Crippen LogP contribution in [0.4, 0.5) is 5.82 Å². The number of hydrogen-bond acceptors (Lipinski definition) is 3. The van der Waals surface area contributed by atoms with Gasteiger partial charge in [0.1, 0.15) is 11.5 Å². The molecule has 0 radical (unpaired) electrons. The van der Waals surface area contributed by atoms with Crippen molar-refractivity contribution in [2.75, 3.05) is 11.9 Å². The zero-order valence-electron chi connectivity index (χ0n) is 11.9. The van der Waals surface area contributed by atoms with Crippen molar-refractivity contribution < 1.29 is 0 Å². The minimum absolute atomic E-state index is 0.552. The zero-order chi connectivity index (χ0) is 14.2. The van der Waals surface area contributed by atoms with E-state index in [0.29, 0.717) is 6.04 Å². The van der Waals surface area contributed by atoms with Gasteiger partial charge in [0, 0.05) is 24.5 Å². The van der Waals surface area contributed by atoms with Gasteiger partial charge in [0.25, 0.3) is 0 Å². The Labute approximate surface area is 133 Å². The van der Waals surface area contributed by atoms with Crippen LogP contribution in [0.1, 0.15) is 38.1 Å². The second-order valence-electron chi connectivity index (χ2n) is 6.02. The van der Waals surface area contributed by atoms with Gasteiger partial charge in [-0.2, -0.15) is 5.10 Å². The third-order valence-electron chi connectivity index (χ3n) is 4.80. The van der Waals surface area contributed by atoms with E-state index in [-0.39, 0.29) is 0 Å². The van der Waals surface area contributed by atoms with Crippen molar-refractivity contribution in [1.82, 2.24) is 14.8 Å². The van der Waals surface area contributed by atoms with Crippen LogP contribution >= 0.6 is 15.9 Å². The minimum Gasteiger partial charge on any atom is -0.369 e. The summed E-state index contributed by atoms with van der Waals surface area (Å²) in [6.45, 7) is 1.04. The van der Waals surface area contributed by atoms with Crippen molar-refractivity contribution in [3.8, 4) is 11.3 Å². The van der Waals surface area contributed by atoms with Crippen molar-refractivity contribution in [3.63, 3.8) is 0 Å². The van der Waals surface area contributed by atoms with E-state index in [0.717, 1.165) is 34.0 Å². The van der Waals surface area contributed by atoms with E-state index >= 15 is 0 Å². The third-order valence-corrected chi connectivity index (χ3v) is 5.55. The molecule has 21 heavy (non-hydrogen) atoms. The lowest BCUT2D eigenvalue weighted by Gasteiger charge is -2.30. The Hall–Kier alpha value is -1.36. The number of fused-ring (bicyclic) bond motifs is 1. The Bertz CT molecular complexity index is 631. The van der Waals surface area contributed by atoms with Gasteiger partial charge in [-0.1, -0.05) is 12.8 Å². The van der Waals surface area contributed by atoms with Gasteiger partial charge in [-0.3, -0.25) is 4.98 Å². The Morgan fingerprint density at radius 1 is 1.14 bits per heavy atom. The highest BCUT2D eigenvalue weighted by Crippen LogP contribution is 2.43. The average Bonchev–Trinajstić information content (AvgIpc) is 3.17. The Kier molecular flexibility index (Phi) is 3.45. The van der Waals surface area contributed by atoms with Gasteiger partial charge in [0.2, 0.25) is 0 Å². The predicted molar refractivity (Wildman–Crippen MR) is 87.3 cm³/mol. The third kappa shape index (κ3) is 2.27. The van der Waals surface area contributed by atoms with Gasteiger partial charge in [-0.15, -0.1) is 0 Å². The zero-order valence-corrected chi connectivity index (χ0v) is 13.5. The highest BCUT2D eigenvalue weighted by Gasteiger charge is 2.32. The highest BCUT2D eigenvalue weighted by atomic mass is 79.9. The summed E-state index contributed by atoms with van der Waals surface area (Å²) < 4.78 is 3.32. The van der Waals surface area contributed by atoms with Crippen molar-refractivity contribution in [2.24, 2.45) is 5.92 Å². The van der Waals surface area contributed by atoms with E-state index in [1.807, 2.05) is 24.5 Å². The summed E-state index contributed by atoms with van der Waals surface area (Å²) in [5.41, 5.74) is 2.13. The van der Waals surface area contributed by atoms with Crippen LogP contribution in [0.15, 0.2) is 29.0 Å². The molecular weight excluding hydrogens is 328 g/mol. The lowest BCUT2D eigenvalue weighted by Crippen LogP contribution is -2.28.